The molecule has 0 fully saturated rings. The van der Waals surface area contributed by atoms with Crippen molar-refractivity contribution in [3.8, 4) is 0 Å². The molecule has 0 spiro atoms. The van der Waals surface area contributed by atoms with E-state index in [0.29, 0.717) is 0 Å². The van der Waals surface area contributed by atoms with Gasteiger partial charge in [-0.15, -0.1) is 0 Å². The molecule has 9 heavy (non-hydrogen) atoms. The third kappa shape index (κ3) is 9.64. The zero-order valence-corrected chi connectivity index (χ0v) is 10.5. The molecule has 0 nitrogen and oxygen atoms in total. The molecule has 0 aromatic heterocycles. The van der Waals surface area contributed by atoms with Crippen molar-refractivity contribution >= 4 is 49.0 Å². The van der Waals surface area contributed by atoms with E-state index >= 15 is 0 Å². The van der Waals surface area contributed by atoms with Gasteiger partial charge in [-0.1, -0.05) is 0 Å². The Morgan fingerprint density at radius 2 is 1.78 bits per heavy atom. The average molecular weight is 152 g/mol. The summed E-state index contributed by atoms with van der Waals surface area (Å²) < 4.78 is 0.738. The second-order valence-corrected chi connectivity index (χ2v) is 8.25. The Bertz CT molecular complexity index is 61.5. The molecule has 0 aromatic carbocycles. The SMILES string of the molecule is CCCCC[C](C)(C)[K]. The molecule has 0 aliphatic rings. The summed E-state index contributed by atoms with van der Waals surface area (Å²) in [7, 11) is 0. The third-order valence-electron chi connectivity index (χ3n) is 1.53. The van der Waals surface area contributed by atoms with Crippen LogP contribution in [0.2, 0.25) is -0.490 Å². The Kier molecular flexibility index (Phi) is 6.27. The van der Waals surface area contributed by atoms with Crippen molar-refractivity contribution in [2.24, 2.45) is 0 Å². The van der Waals surface area contributed by atoms with Crippen molar-refractivity contribution in [2.45, 2.75) is 46.0 Å². The summed E-state index contributed by atoms with van der Waals surface area (Å²) in [6.07, 6.45) is 5.70. The van der Waals surface area contributed by atoms with Crippen LogP contribution >= 0.6 is 0 Å². The van der Waals surface area contributed by atoms with E-state index < -0.39 is 0 Å². The molecule has 0 heterocycles. The Morgan fingerprint density at radius 3 is 2.11 bits per heavy atom. The first kappa shape index (κ1) is 10.6. The van der Waals surface area contributed by atoms with Crippen molar-refractivity contribution in [2.75, 3.05) is 0 Å². The molecular formula is C8H17K. The van der Waals surface area contributed by atoms with Crippen LogP contribution in [0.25, 0.3) is 0 Å². The van der Waals surface area contributed by atoms with Crippen LogP contribution < -0.4 is 0 Å². The molecule has 0 amide bonds. The summed E-state index contributed by atoms with van der Waals surface area (Å²) in [6.45, 7) is 7.05. The van der Waals surface area contributed by atoms with Gasteiger partial charge in [0.25, 0.3) is 0 Å². The molecule has 0 rings (SSSR count). The molecular weight excluding hydrogens is 135 g/mol. The summed E-state index contributed by atoms with van der Waals surface area (Å²) >= 11 is 1.01. The zero-order chi connectivity index (χ0) is 7.33. The second kappa shape index (κ2) is 5.31. The number of unbranched alkanes of at least 4 members (excludes halogenated alkanes) is 2. The summed E-state index contributed by atoms with van der Waals surface area (Å²) in [5, 5.41) is 0. The summed E-state index contributed by atoms with van der Waals surface area (Å²) in [4.78, 5) is 0. The first-order valence-corrected chi connectivity index (χ1v) is 5.62. The first-order valence-electron chi connectivity index (χ1n) is 4.06. The van der Waals surface area contributed by atoms with Crippen molar-refractivity contribution in [1.29, 1.82) is 0 Å². The van der Waals surface area contributed by atoms with Crippen LogP contribution in [0.4, 0.5) is 0 Å². The number of rotatable bonds is 4. The van der Waals surface area contributed by atoms with E-state index in [2.05, 4.69) is 20.8 Å². The molecule has 1 heteroatoms. The quantitative estimate of drug-likeness (QED) is 0.429. The third-order valence-corrected chi connectivity index (χ3v) is 2.31. The molecule has 0 aliphatic heterocycles. The summed E-state index contributed by atoms with van der Waals surface area (Å²) in [5.74, 6) is 0. The fourth-order valence-electron chi connectivity index (χ4n) is 0.905. The van der Waals surface area contributed by atoms with E-state index in [9.17, 15) is 0 Å². The van der Waals surface area contributed by atoms with Crippen LogP contribution in [-0.4, -0.2) is 49.0 Å². The van der Waals surface area contributed by atoms with Crippen LogP contribution in [0.1, 0.15) is 46.5 Å². The number of hydrogen-bond donors (Lipinski definition) is 0. The molecule has 0 saturated heterocycles. The van der Waals surface area contributed by atoms with E-state index in [1.165, 1.54) is 25.7 Å². The van der Waals surface area contributed by atoms with Gasteiger partial charge in [0.15, 0.2) is 0 Å². The van der Waals surface area contributed by atoms with Crippen molar-refractivity contribution in [3.05, 3.63) is 0 Å². The van der Waals surface area contributed by atoms with Gasteiger partial charge in [0, 0.05) is 0 Å². The molecule has 0 bridgehead atoms. The van der Waals surface area contributed by atoms with Crippen LogP contribution in [-0.2, 0) is 0 Å². The minimum atomic E-state index is 0.738. The molecule has 0 atom stereocenters. The van der Waals surface area contributed by atoms with E-state index in [0.717, 1.165) is 48.5 Å². The maximum absolute atomic E-state index is 2.39. The van der Waals surface area contributed by atoms with Crippen LogP contribution in [0.3, 0.4) is 0 Å². The Balaban J connectivity index is 3.07. The monoisotopic (exact) mass is 152 g/mol. The van der Waals surface area contributed by atoms with Gasteiger partial charge in [0.2, 0.25) is 0 Å². The van der Waals surface area contributed by atoms with Gasteiger partial charge in [-0.05, 0) is 0 Å². The Labute approximate surface area is 93.4 Å². The van der Waals surface area contributed by atoms with E-state index in [1.54, 1.807) is 0 Å². The standard InChI is InChI=1S/C8H17.K/c1-4-5-6-7-8(2)3;/h4-7H2,1-3H3;. The van der Waals surface area contributed by atoms with Crippen molar-refractivity contribution in [3.63, 3.8) is 0 Å². The van der Waals surface area contributed by atoms with Crippen LogP contribution in [0.15, 0.2) is 0 Å². The molecule has 0 unspecified atom stereocenters. The van der Waals surface area contributed by atoms with Gasteiger partial charge in [-0.2, -0.15) is 0 Å². The van der Waals surface area contributed by atoms with Crippen LogP contribution in [0.5, 0.6) is 0 Å². The summed E-state index contributed by atoms with van der Waals surface area (Å²) in [6, 6.07) is 0. The van der Waals surface area contributed by atoms with Gasteiger partial charge in [-0.25, -0.2) is 0 Å². The Morgan fingerprint density at radius 1 is 1.22 bits per heavy atom. The Hall–Kier alpha value is 1.64. The van der Waals surface area contributed by atoms with E-state index in [4.69, 9.17) is 0 Å². The normalized spacial score (nSPS) is 12.1. The predicted molar refractivity (Wildman–Crippen MR) is 43.9 cm³/mol. The van der Waals surface area contributed by atoms with Gasteiger partial charge >= 0.3 is 94.9 Å². The van der Waals surface area contributed by atoms with Gasteiger partial charge in [0.1, 0.15) is 0 Å². The predicted octanol–water partition coefficient (Wildman–Crippen LogP) is 2.93. The van der Waals surface area contributed by atoms with Crippen LogP contribution in [0, 0.1) is 0 Å². The second-order valence-electron chi connectivity index (χ2n) is 4.02. The fourth-order valence-corrected chi connectivity index (χ4v) is 1.46. The molecule has 0 radical (unpaired) electrons. The fraction of sp³-hybridized carbons (Fsp3) is 1.00. The van der Waals surface area contributed by atoms with Crippen molar-refractivity contribution < 1.29 is 0 Å². The van der Waals surface area contributed by atoms with E-state index in [-0.39, 0.29) is 0 Å². The maximum atomic E-state index is 2.39. The van der Waals surface area contributed by atoms with Crippen molar-refractivity contribution in [1.82, 2.24) is 0 Å². The zero-order valence-electron chi connectivity index (χ0n) is 7.33. The van der Waals surface area contributed by atoms with Gasteiger partial charge < -0.3 is 0 Å². The molecule has 0 aliphatic carbocycles. The average Bonchev–Trinajstić information content (AvgIpc) is 1.63. The van der Waals surface area contributed by atoms with E-state index in [1.807, 2.05) is 0 Å². The molecule has 0 N–H and O–H groups in total. The first-order chi connectivity index (χ1) is 4.06. The topological polar surface area (TPSA) is 0 Å². The van der Waals surface area contributed by atoms with Gasteiger partial charge in [-0.3, -0.25) is 0 Å². The summed E-state index contributed by atoms with van der Waals surface area (Å²) in [5.41, 5.74) is 0. The number of hydrogen-bond acceptors (Lipinski definition) is 0. The molecule has 50 valence electrons. The molecule has 0 aromatic rings. The minimum absolute atomic E-state index is 0.738. The van der Waals surface area contributed by atoms with Gasteiger partial charge in [0.05, 0.1) is 0 Å². The molecule has 0 saturated carbocycles.